The zero-order chi connectivity index (χ0) is 32.0. The van der Waals surface area contributed by atoms with Gasteiger partial charge in [0.25, 0.3) is 15.7 Å². The molecule has 0 spiro atoms. The molecule has 1 N–H and O–H groups in total. The lowest BCUT2D eigenvalue weighted by atomic mass is 10.1. The van der Waals surface area contributed by atoms with Gasteiger partial charge < -0.3 is 15.0 Å². The van der Waals surface area contributed by atoms with Gasteiger partial charge >= 0.3 is 0 Å². The minimum atomic E-state index is -4.53. The standard InChI is InChI=1S/C31H35FN4O7S/c1-21-8-17-28(18-29(21)36(39)40)44(41,42)35(26-13-15-27(43-3)16-14-26)20-30(37)34(19-23-9-11-24(32)12-10-23)22(2)31(38)33-25-6-4-5-7-25/h8-18,22,25H,4-7,19-20H2,1-3H3,(H,33,38). The van der Waals surface area contributed by atoms with Crippen LogP contribution in [0, 0.1) is 22.9 Å². The molecule has 4 rings (SSSR count). The van der Waals surface area contributed by atoms with Gasteiger partial charge in [-0.05, 0) is 74.7 Å². The van der Waals surface area contributed by atoms with Crippen molar-refractivity contribution in [2.75, 3.05) is 18.0 Å². The Morgan fingerprint density at radius 2 is 1.70 bits per heavy atom. The second-order valence-corrected chi connectivity index (χ2v) is 12.6. The van der Waals surface area contributed by atoms with Gasteiger partial charge in [0.2, 0.25) is 11.8 Å². The molecule has 11 nitrogen and oxygen atoms in total. The van der Waals surface area contributed by atoms with Crippen molar-refractivity contribution in [3.05, 3.63) is 93.8 Å². The average Bonchev–Trinajstić information content (AvgIpc) is 3.52. The van der Waals surface area contributed by atoms with Gasteiger partial charge in [0.05, 0.1) is 22.6 Å². The molecule has 1 aliphatic carbocycles. The van der Waals surface area contributed by atoms with Crippen LogP contribution in [0.2, 0.25) is 0 Å². The number of ether oxygens (including phenoxy) is 1. The zero-order valence-corrected chi connectivity index (χ0v) is 25.6. The highest BCUT2D eigenvalue weighted by Crippen LogP contribution is 2.29. The lowest BCUT2D eigenvalue weighted by Gasteiger charge is -2.32. The third kappa shape index (κ3) is 7.51. The zero-order valence-electron chi connectivity index (χ0n) is 24.7. The topological polar surface area (TPSA) is 139 Å². The first kappa shape index (κ1) is 32.4. The Kier molecular flexibility index (Phi) is 10.2. The van der Waals surface area contributed by atoms with Crippen molar-refractivity contribution in [2.45, 2.75) is 63.1 Å². The molecule has 3 aromatic carbocycles. The predicted octanol–water partition coefficient (Wildman–Crippen LogP) is 4.72. The molecule has 0 aromatic heterocycles. The molecule has 1 unspecified atom stereocenters. The molecule has 13 heteroatoms. The van der Waals surface area contributed by atoms with Crippen molar-refractivity contribution in [2.24, 2.45) is 0 Å². The van der Waals surface area contributed by atoms with Gasteiger partial charge in [-0.2, -0.15) is 0 Å². The van der Waals surface area contributed by atoms with E-state index in [1.165, 1.54) is 79.6 Å². The maximum Gasteiger partial charge on any atom is 0.273 e. The first-order valence-corrected chi connectivity index (χ1v) is 15.6. The summed E-state index contributed by atoms with van der Waals surface area (Å²) >= 11 is 0. The number of amides is 2. The Morgan fingerprint density at radius 1 is 1.07 bits per heavy atom. The summed E-state index contributed by atoms with van der Waals surface area (Å²) in [4.78, 5) is 39.1. The fourth-order valence-corrected chi connectivity index (χ4v) is 6.55. The lowest BCUT2D eigenvalue weighted by Crippen LogP contribution is -2.52. The van der Waals surface area contributed by atoms with Crippen molar-refractivity contribution in [1.82, 2.24) is 10.2 Å². The lowest BCUT2D eigenvalue weighted by molar-refractivity contribution is -0.385. The number of anilines is 1. The number of sulfonamides is 1. The van der Waals surface area contributed by atoms with Gasteiger partial charge in [0.1, 0.15) is 24.2 Å². The van der Waals surface area contributed by atoms with Gasteiger partial charge in [-0.3, -0.25) is 24.0 Å². The molecule has 3 aromatic rings. The molecular weight excluding hydrogens is 591 g/mol. The summed E-state index contributed by atoms with van der Waals surface area (Å²) in [6.07, 6.45) is 3.64. The Bertz CT molecular complexity index is 1610. The van der Waals surface area contributed by atoms with E-state index in [4.69, 9.17) is 4.74 Å². The number of rotatable bonds is 12. The summed E-state index contributed by atoms with van der Waals surface area (Å²) in [5.74, 6) is -1.12. The smallest absolute Gasteiger partial charge is 0.273 e. The summed E-state index contributed by atoms with van der Waals surface area (Å²) < 4.78 is 47.8. The second kappa shape index (κ2) is 13.8. The molecule has 0 bridgehead atoms. The molecule has 0 heterocycles. The number of hydrogen-bond acceptors (Lipinski definition) is 7. The van der Waals surface area contributed by atoms with Crippen LogP contribution in [-0.4, -0.2) is 55.8 Å². The maximum absolute atomic E-state index is 14.0. The summed E-state index contributed by atoms with van der Waals surface area (Å²) in [6.45, 7) is 2.23. The largest absolute Gasteiger partial charge is 0.497 e. The Morgan fingerprint density at radius 3 is 2.30 bits per heavy atom. The van der Waals surface area contributed by atoms with E-state index >= 15 is 0 Å². The second-order valence-electron chi connectivity index (χ2n) is 10.7. The average molecular weight is 627 g/mol. The molecule has 1 fully saturated rings. The van der Waals surface area contributed by atoms with Crippen molar-refractivity contribution in [3.63, 3.8) is 0 Å². The number of nitrogens with one attached hydrogen (secondary N) is 1. The number of nitrogens with zero attached hydrogens (tertiary/aromatic N) is 3. The Balaban J connectivity index is 1.73. The first-order valence-electron chi connectivity index (χ1n) is 14.2. The highest BCUT2D eigenvalue weighted by molar-refractivity contribution is 7.92. The summed E-state index contributed by atoms with van der Waals surface area (Å²) in [6, 6.07) is 13.9. The summed E-state index contributed by atoms with van der Waals surface area (Å²) in [5.41, 5.74) is 0.524. The number of nitro groups is 1. The molecule has 0 aliphatic heterocycles. The first-order chi connectivity index (χ1) is 20.9. The third-order valence-corrected chi connectivity index (χ3v) is 9.51. The van der Waals surface area contributed by atoms with Crippen LogP contribution in [0.5, 0.6) is 5.75 Å². The minimum absolute atomic E-state index is 0.0128. The van der Waals surface area contributed by atoms with Crippen molar-refractivity contribution < 1.29 is 32.1 Å². The van der Waals surface area contributed by atoms with E-state index < -0.39 is 39.3 Å². The fourth-order valence-electron chi connectivity index (χ4n) is 5.11. The van der Waals surface area contributed by atoms with Gasteiger partial charge in [-0.1, -0.05) is 31.0 Å². The van der Waals surface area contributed by atoms with Gasteiger partial charge in [-0.25, -0.2) is 12.8 Å². The van der Waals surface area contributed by atoms with E-state index in [0.29, 0.717) is 11.3 Å². The molecule has 1 saturated carbocycles. The summed E-state index contributed by atoms with van der Waals surface area (Å²) in [7, 11) is -3.08. The number of benzene rings is 3. The predicted molar refractivity (Wildman–Crippen MR) is 162 cm³/mol. The van der Waals surface area contributed by atoms with E-state index in [0.717, 1.165) is 36.1 Å². The van der Waals surface area contributed by atoms with E-state index in [2.05, 4.69) is 5.32 Å². The monoisotopic (exact) mass is 626 g/mol. The minimum Gasteiger partial charge on any atom is -0.497 e. The van der Waals surface area contributed by atoms with Gasteiger partial charge in [0, 0.05) is 24.2 Å². The van der Waals surface area contributed by atoms with Crippen LogP contribution in [0.15, 0.2) is 71.6 Å². The maximum atomic E-state index is 14.0. The Labute approximate surface area is 255 Å². The van der Waals surface area contributed by atoms with Crippen LogP contribution in [0.25, 0.3) is 0 Å². The molecule has 0 saturated heterocycles. The quantitative estimate of drug-likeness (QED) is 0.227. The van der Waals surface area contributed by atoms with Crippen LogP contribution >= 0.6 is 0 Å². The normalized spacial score (nSPS) is 14.1. The van der Waals surface area contributed by atoms with Crippen LogP contribution < -0.4 is 14.4 Å². The molecule has 234 valence electrons. The molecule has 1 atom stereocenters. The molecular formula is C31H35FN4O7S. The van der Waals surface area contributed by atoms with Gasteiger partial charge in [0.15, 0.2) is 0 Å². The summed E-state index contributed by atoms with van der Waals surface area (Å²) in [5, 5.41) is 14.6. The van der Waals surface area contributed by atoms with E-state index in [-0.39, 0.29) is 40.3 Å². The van der Waals surface area contributed by atoms with Crippen molar-refractivity contribution in [1.29, 1.82) is 0 Å². The van der Waals surface area contributed by atoms with Crippen molar-refractivity contribution >= 4 is 33.2 Å². The molecule has 1 aliphatic rings. The highest BCUT2D eigenvalue weighted by atomic mass is 32.2. The van der Waals surface area contributed by atoms with E-state index in [1.807, 2.05) is 0 Å². The SMILES string of the molecule is COc1ccc(N(CC(=O)N(Cc2ccc(F)cc2)C(C)C(=O)NC2CCCC2)S(=O)(=O)c2ccc(C)c([N+](=O)[O-])c2)cc1. The van der Waals surface area contributed by atoms with Crippen LogP contribution in [0.4, 0.5) is 15.8 Å². The van der Waals surface area contributed by atoms with E-state index in [9.17, 15) is 32.5 Å². The highest BCUT2D eigenvalue weighted by Gasteiger charge is 2.34. The third-order valence-electron chi connectivity index (χ3n) is 7.74. The molecule has 44 heavy (non-hydrogen) atoms. The van der Waals surface area contributed by atoms with E-state index in [1.54, 1.807) is 6.92 Å². The number of halogens is 1. The number of methoxy groups -OCH3 is 1. The van der Waals surface area contributed by atoms with Crippen LogP contribution in [0.3, 0.4) is 0 Å². The van der Waals surface area contributed by atoms with Crippen LogP contribution in [-0.2, 0) is 26.2 Å². The molecule has 2 amide bonds. The fraction of sp³-hybridized carbons (Fsp3) is 0.355. The van der Waals surface area contributed by atoms with Gasteiger partial charge in [-0.15, -0.1) is 0 Å². The number of carbonyl (C=O) groups is 2. The Hall–Kier alpha value is -4.52. The number of hydrogen-bond donors (Lipinski definition) is 1. The number of carbonyl (C=O) groups excluding carboxylic acids is 2. The van der Waals surface area contributed by atoms with Crippen molar-refractivity contribution in [3.8, 4) is 5.75 Å². The van der Waals surface area contributed by atoms with Crippen LogP contribution in [0.1, 0.15) is 43.7 Å². The number of aryl methyl sites for hydroxylation is 1. The molecule has 0 radical (unpaired) electrons. The number of nitro benzene ring substituents is 1.